The van der Waals surface area contributed by atoms with Crippen LogP contribution in [0.15, 0.2) is 0 Å². The van der Waals surface area contributed by atoms with Gasteiger partial charge in [-0.15, -0.1) is 0 Å². The molecule has 0 rings (SSSR count). The smallest absolute Gasteiger partial charge is 0.307 e. The lowest BCUT2D eigenvalue weighted by molar-refractivity contribution is -0.148. The molecule has 2 N–H and O–H groups in total. The first kappa shape index (κ1) is 29.9. The van der Waals surface area contributed by atoms with Crippen LogP contribution in [0.4, 0.5) is 0 Å². The second-order valence-corrected chi connectivity index (χ2v) is 9.49. The Balaban J connectivity index is 3.20. The molecule has 0 spiro atoms. The van der Waals surface area contributed by atoms with E-state index in [1.165, 1.54) is 116 Å². The molecule has 1 atom stereocenters. The Kier molecular flexibility index (Phi) is 22.8. The molecule has 31 heavy (non-hydrogen) atoms. The highest BCUT2D eigenvalue weighted by Gasteiger charge is 2.20. The monoisotopic (exact) mass is 440 g/mol. The van der Waals surface area contributed by atoms with Crippen LogP contribution >= 0.6 is 0 Å². The Labute approximate surface area is 192 Å². The van der Waals surface area contributed by atoms with Crippen LogP contribution in [0.2, 0.25) is 0 Å². The van der Waals surface area contributed by atoms with Gasteiger partial charge in [-0.25, -0.2) is 0 Å². The van der Waals surface area contributed by atoms with E-state index in [2.05, 4.69) is 6.92 Å². The summed E-state index contributed by atoms with van der Waals surface area (Å²) in [5.74, 6) is -2.72. The maximum Gasteiger partial charge on any atom is 0.307 e. The molecule has 0 aromatic carbocycles. The predicted molar refractivity (Wildman–Crippen MR) is 131 cm³/mol. The van der Waals surface area contributed by atoms with Crippen molar-refractivity contribution in [1.29, 1.82) is 0 Å². The number of carboxylic acids is 2. The molecule has 184 valence electrons. The summed E-state index contributed by atoms with van der Waals surface area (Å²) >= 11 is 0. The van der Waals surface area contributed by atoms with Gasteiger partial charge in [0.2, 0.25) is 0 Å². The van der Waals surface area contributed by atoms with E-state index in [1.54, 1.807) is 0 Å². The quantitative estimate of drug-likeness (QED) is 0.139. The molecule has 1 unspecified atom stereocenters. The third-order valence-corrected chi connectivity index (χ3v) is 6.43. The summed E-state index contributed by atoms with van der Waals surface area (Å²) in [7, 11) is 0. The van der Waals surface area contributed by atoms with E-state index in [0.717, 1.165) is 19.3 Å². The number of carboxylic acid groups (broad SMARTS) is 2. The van der Waals surface area contributed by atoms with Gasteiger partial charge in [-0.05, 0) is 6.42 Å². The number of aliphatic carboxylic acids is 2. The third kappa shape index (κ3) is 23.4. The van der Waals surface area contributed by atoms with E-state index in [9.17, 15) is 9.59 Å². The first-order chi connectivity index (χ1) is 15.1. The second kappa shape index (κ2) is 23.6. The number of hydrogen-bond acceptors (Lipinski definition) is 2. The molecule has 0 aromatic rings. The average Bonchev–Trinajstić information content (AvgIpc) is 2.73. The molecular weight excluding hydrogens is 388 g/mol. The number of unbranched alkanes of at least 4 members (excludes halogenated alkanes) is 20. The number of hydrogen-bond donors (Lipinski definition) is 2. The zero-order valence-electron chi connectivity index (χ0n) is 20.6. The summed E-state index contributed by atoms with van der Waals surface area (Å²) < 4.78 is 0. The largest absolute Gasteiger partial charge is 0.481 e. The highest BCUT2D eigenvalue weighted by Crippen LogP contribution is 2.17. The lowest BCUT2D eigenvalue weighted by atomic mass is 9.97. The zero-order valence-corrected chi connectivity index (χ0v) is 20.6. The van der Waals surface area contributed by atoms with E-state index >= 15 is 0 Å². The van der Waals surface area contributed by atoms with Gasteiger partial charge in [-0.2, -0.15) is 0 Å². The van der Waals surface area contributed by atoms with Gasteiger partial charge in [-0.3, -0.25) is 9.59 Å². The number of carbonyl (C=O) groups is 2. The highest BCUT2D eigenvalue weighted by atomic mass is 16.4. The van der Waals surface area contributed by atoms with E-state index in [-0.39, 0.29) is 6.42 Å². The lowest BCUT2D eigenvalue weighted by Gasteiger charge is -2.09. The first-order valence-corrected chi connectivity index (χ1v) is 13.5. The van der Waals surface area contributed by atoms with E-state index in [4.69, 9.17) is 10.2 Å². The molecule has 0 aromatic heterocycles. The molecule has 4 heteroatoms. The molecule has 0 aliphatic carbocycles. The third-order valence-electron chi connectivity index (χ3n) is 6.43. The van der Waals surface area contributed by atoms with E-state index in [1.807, 2.05) is 0 Å². The normalized spacial score (nSPS) is 12.2. The van der Waals surface area contributed by atoms with Crippen molar-refractivity contribution in [3.8, 4) is 0 Å². The summed E-state index contributed by atoms with van der Waals surface area (Å²) in [6, 6.07) is 0. The van der Waals surface area contributed by atoms with Crippen molar-refractivity contribution in [2.45, 2.75) is 155 Å². The maximum absolute atomic E-state index is 11.0. The summed E-state index contributed by atoms with van der Waals surface area (Å²) in [4.78, 5) is 21.7. The predicted octanol–water partition coefficient (Wildman–Crippen LogP) is 8.76. The topological polar surface area (TPSA) is 74.6 Å². The van der Waals surface area contributed by atoms with Gasteiger partial charge in [0, 0.05) is 0 Å². The fraction of sp³-hybridized carbons (Fsp3) is 0.926. The minimum atomic E-state index is -1.02. The second-order valence-electron chi connectivity index (χ2n) is 9.49. The van der Waals surface area contributed by atoms with E-state index in [0.29, 0.717) is 6.42 Å². The van der Waals surface area contributed by atoms with Crippen LogP contribution in [0.3, 0.4) is 0 Å². The van der Waals surface area contributed by atoms with Crippen molar-refractivity contribution in [1.82, 2.24) is 0 Å². The Morgan fingerprint density at radius 2 is 0.806 bits per heavy atom. The molecule has 0 fully saturated rings. The molecule has 0 aliphatic rings. The Morgan fingerprint density at radius 1 is 0.516 bits per heavy atom. The molecule has 4 nitrogen and oxygen atoms in total. The first-order valence-electron chi connectivity index (χ1n) is 13.5. The zero-order chi connectivity index (χ0) is 23.0. The molecule has 0 radical (unpaired) electrons. The van der Waals surface area contributed by atoms with Crippen molar-refractivity contribution < 1.29 is 19.8 Å². The van der Waals surface area contributed by atoms with Crippen LogP contribution in [0.1, 0.15) is 155 Å². The van der Waals surface area contributed by atoms with E-state index < -0.39 is 17.9 Å². The van der Waals surface area contributed by atoms with Gasteiger partial charge in [-0.1, -0.05) is 142 Å². The van der Waals surface area contributed by atoms with Crippen LogP contribution in [0.5, 0.6) is 0 Å². The van der Waals surface area contributed by atoms with Crippen LogP contribution in [0, 0.1) is 5.92 Å². The summed E-state index contributed by atoms with van der Waals surface area (Å²) in [5, 5.41) is 17.8. The van der Waals surface area contributed by atoms with Crippen molar-refractivity contribution in [2.75, 3.05) is 0 Å². The molecule has 0 saturated carbocycles. The Morgan fingerprint density at radius 3 is 1.06 bits per heavy atom. The van der Waals surface area contributed by atoms with Crippen molar-refractivity contribution in [2.24, 2.45) is 5.92 Å². The fourth-order valence-corrected chi connectivity index (χ4v) is 4.35. The highest BCUT2D eigenvalue weighted by molar-refractivity contribution is 5.77. The molecule has 0 saturated heterocycles. The van der Waals surface area contributed by atoms with Crippen LogP contribution in [-0.4, -0.2) is 22.2 Å². The van der Waals surface area contributed by atoms with Gasteiger partial charge >= 0.3 is 11.9 Å². The lowest BCUT2D eigenvalue weighted by Crippen LogP contribution is -2.17. The Bertz CT molecular complexity index is 408. The molecule has 0 amide bonds. The standard InChI is InChI=1S/C27H52O4/c1-2-3-4-5-6-7-8-9-10-11-12-13-14-15-16-17-18-19-20-21-22-23-25(27(30)31)24-26(28)29/h25H,2-24H2,1H3,(H,28,29)(H,30,31). The van der Waals surface area contributed by atoms with Gasteiger partial charge in [0.25, 0.3) is 0 Å². The molecular formula is C27H52O4. The van der Waals surface area contributed by atoms with Gasteiger partial charge in [0.1, 0.15) is 0 Å². The summed E-state index contributed by atoms with van der Waals surface area (Å²) in [6.45, 7) is 2.28. The van der Waals surface area contributed by atoms with Crippen LogP contribution in [-0.2, 0) is 9.59 Å². The van der Waals surface area contributed by atoms with Crippen molar-refractivity contribution >= 4 is 11.9 Å². The summed E-state index contributed by atoms with van der Waals surface area (Å²) in [6.07, 6.45) is 28.2. The van der Waals surface area contributed by atoms with Crippen LogP contribution in [0.25, 0.3) is 0 Å². The van der Waals surface area contributed by atoms with Crippen molar-refractivity contribution in [3.63, 3.8) is 0 Å². The van der Waals surface area contributed by atoms with Gasteiger partial charge < -0.3 is 10.2 Å². The van der Waals surface area contributed by atoms with Gasteiger partial charge in [0.15, 0.2) is 0 Å². The SMILES string of the molecule is CCCCCCCCCCCCCCCCCCCCCCCC(CC(=O)O)C(=O)O. The molecule has 0 heterocycles. The molecule has 0 aliphatic heterocycles. The van der Waals surface area contributed by atoms with Gasteiger partial charge in [0.05, 0.1) is 12.3 Å². The minimum Gasteiger partial charge on any atom is -0.481 e. The minimum absolute atomic E-state index is 0.255. The number of rotatable bonds is 25. The molecule has 0 bridgehead atoms. The maximum atomic E-state index is 11.0. The summed E-state index contributed by atoms with van der Waals surface area (Å²) in [5.41, 5.74) is 0. The Hall–Kier alpha value is -1.06. The average molecular weight is 441 g/mol. The van der Waals surface area contributed by atoms with Crippen molar-refractivity contribution in [3.05, 3.63) is 0 Å². The fourth-order valence-electron chi connectivity index (χ4n) is 4.35. The van der Waals surface area contributed by atoms with Crippen LogP contribution < -0.4 is 0 Å².